The smallest absolute Gasteiger partial charge is 0.0464 e. The van der Waals surface area contributed by atoms with E-state index in [-0.39, 0.29) is 0 Å². The number of nitrogens with one attached hydrogen (secondary N) is 1. The van der Waals surface area contributed by atoms with Crippen molar-refractivity contribution in [2.24, 2.45) is 0 Å². The molecule has 17 heavy (non-hydrogen) atoms. The SMILES string of the molecule is CNC(c1ccc(C)c(C)c1)C1(C)CCCS1. The summed E-state index contributed by atoms with van der Waals surface area (Å²) in [6, 6.07) is 7.35. The molecule has 1 aliphatic heterocycles. The highest BCUT2D eigenvalue weighted by atomic mass is 32.2. The molecule has 0 aliphatic carbocycles. The summed E-state index contributed by atoms with van der Waals surface area (Å²) in [6.45, 7) is 6.79. The minimum atomic E-state index is 0.358. The molecule has 1 aromatic carbocycles. The van der Waals surface area contributed by atoms with Gasteiger partial charge < -0.3 is 5.32 Å². The van der Waals surface area contributed by atoms with Crippen molar-refractivity contribution in [1.29, 1.82) is 0 Å². The maximum atomic E-state index is 3.53. The van der Waals surface area contributed by atoms with E-state index < -0.39 is 0 Å². The maximum Gasteiger partial charge on any atom is 0.0464 e. The number of thioether (sulfide) groups is 1. The Hall–Kier alpha value is -0.470. The zero-order valence-electron chi connectivity index (χ0n) is 11.3. The molecule has 2 rings (SSSR count). The van der Waals surface area contributed by atoms with Crippen molar-refractivity contribution < 1.29 is 0 Å². The average molecular weight is 249 g/mol. The molecular weight excluding hydrogens is 226 g/mol. The predicted molar refractivity (Wildman–Crippen MR) is 77.8 cm³/mol. The van der Waals surface area contributed by atoms with Crippen LogP contribution in [0.1, 0.15) is 42.5 Å². The molecule has 1 nitrogen and oxygen atoms in total. The highest BCUT2D eigenvalue weighted by molar-refractivity contribution is 8.00. The third kappa shape index (κ3) is 2.53. The lowest BCUT2D eigenvalue weighted by Gasteiger charge is -2.33. The lowest BCUT2D eigenvalue weighted by Crippen LogP contribution is -2.35. The van der Waals surface area contributed by atoms with Gasteiger partial charge in [-0.2, -0.15) is 11.8 Å². The molecule has 2 atom stereocenters. The summed E-state index contributed by atoms with van der Waals surface area (Å²) in [4.78, 5) is 0. The van der Waals surface area contributed by atoms with E-state index >= 15 is 0 Å². The number of hydrogen-bond acceptors (Lipinski definition) is 2. The highest BCUT2D eigenvalue weighted by Gasteiger charge is 2.37. The van der Waals surface area contributed by atoms with Gasteiger partial charge in [0.1, 0.15) is 0 Å². The van der Waals surface area contributed by atoms with Crippen LogP contribution in [0, 0.1) is 13.8 Å². The predicted octanol–water partition coefficient (Wildman–Crippen LogP) is 3.85. The molecule has 0 bridgehead atoms. The van der Waals surface area contributed by atoms with Gasteiger partial charge >= 0.3 is 0 Å². The first kappa shape index (κ1) is 13.0. The molecule has 1 saturated heterocycles. The Morgan fingerprint density at radius 3 is 2.59 bits per heavy atom. The van der Waals surface area contributed by atoms with Gasteiger partial charge in [-0.05, 0) is 63.1 Å². The molecular formula is C15H23NS. The first-order valence-corrected chi connectivity index (χ1v) is 7.44. The monoisotopic (exact) mass is 249 g/mol. The summed E-state index contributed by atoms with van der Waals surface area (Å²) in [7, 11) is 2.09. The molecule has 0 saturated carbocycles. The van der Waals surface area contributed by atoms with Crippen molar-refractivity contribution in [1.82, 2.24) is 5.32 Å². The Morgan fingerprint density at radius 1 is 1.29 bits per heavy atom. The van der Waals surface area contributed by atoms with Crippen molar-refractivity contribution in [3.05, 3.63) is 34.9 Å². The van der Waals surface area contributed by atoms with E-state index in [9.17, 15) is 0 Å². The van der Waals surface area contributed by atoms with Crippen LogP contribution in [0.3, 0.4) is 0 Å². The fraction of sp³-hybridized carbons (Fsp3) is 0.600. The lowest BCUT2D eigenvalue weighted by atomic mass is 9.89. The third-order valence-corrected chi connectivity index (χ3v) is 5.61. The van der Waals surface area contributed by atoms with Gasteiger partial charge in [0, 0.05) is 10.8 Å². The second kappa shape index (κ2) is 5.03. The summed E-state index contributed by atoms with van der Waals surface area (Å²) < 4.78 is 0.358. The number of aryl methyl sites for hydroxylation is 2. The average Bonchev–Trinajstić information content (AvgIpc) is 2.72. The van der Waals surface area contributed by atoms with Crippen LogP contribution < -0.4 is 5.32 Å². The van der Waals surface area contributed by atoms with Gasteiger partial charge in [0.15, 0.2) is 0 Å². The van der Waals surface area contributed by atoms with Crippen LogP contribution in [-0.2, 0) is 0 Å². The molecule has 0 amide bonds. The number of rotatable bonds is 3. The molecule has 0 aromatic heterocycles. The maximum absolute atomic E-state index is 3.53. The molecule has 2 unspecified atom stereocenters. The van der Waals surface area contributed by atoms with Crippen LogP contribution in [0.5, 0.6) is 0 Å². The molecule has 1 aliphatic rings. The minimum Gasteiger partial charge on any atom is -0.312 e. The Balaban J connectivity index is 2.31. The molecule has 0 radical (unpaired) electrons. The van der Waals surface area contributed by atoms with E-state index in [1.807, 2.05) is 0 Å². The van der Waals surface area contributed by atoms with Gasteiger partial charge in [-0.3, -0.25) is 0 Å². The summed E-state index contributed by atoms with van der Waals surface area (Å²) in [5, 5.41) is 3.53. The van der Waals surface area contributed by atoms with Crippen LogP contribution in [0.25, 0.3) is 0 Å². The van der Waals surface area contributed by atoms with E-state index in [4.69, 9.17) is 0 Å². The Labute approximate surface area is 109 Å². The fourth-order valence-corrected chi connectivity index (χ4v) is 4.26. The molecule has 0 spiro atoms. The Bertz CT molecular complexity index is 394. The molecule has 1 N–H and O–H groups in total. The standard InChI is InChI=1S/C15H23NS/c1-11-6-7-13(10-12(11)2)14(16-4)15(3)8-5-9-17-15/h6-7,10,14,16H,5,8-9H2,1-4H3. The van der Waals surface area contributed by atoms with Gasteiger partial charge in [0.2, 0.25) is 0 Å². The van der Waals surface area contributed by atoms with E-state index in [0.29, 0.717) is 10.8 Å². The summed E-state index contributed by atoms with van der Waals surface area (Å²) in [6.07, 6.45) is 2.67. The van der Waals surface area contributed by atoms with E-state index in [0.717, 1.165) is 0 Å². The summed E-state index contributed by atoms with van der Waals surface area (Å²) in [5.74, 6) is 1.31. The van der Waals surface area contributed by atoms with Gasteiger partial charge in [0.25, 0.3) is 0 Å². The van der Waals surface area contributed by atoms with Gasteiger partial charge in [-0.1, -0.05) is 18.2 Å². The number of hydrogen-bond donors (Lipinski definition) is 1. The molecule has 1 fully saturated rings. The first-order valence-electron chi connectivity index (χ1n) is 6.45. The molecule has 1 aromatic rings. The lowest BCUT2D eigenvalue weighted by molar-refractivity contribution is 0.440. The molecule has 94 valence electrons. The van der Waals surface area contributed by atoms with Crippen molar-refractivity contribution in [3.8, 4) is 0 Å². The second-order valence-electron chi connectivity index (χ2n) is 5.33. The topological polar surface area (TPSA) is 12.0 Å². The van der Waals surface area contributed by atoms with Gasteiger partial charge in [-0.25, -0.2) is 0 Å². The van der Waals surface area contributed by atoms with Crippen molar-refractivity contribution in [3.63, 3.8) is 0 Å². The van der Waals surface area contributed by atoms with Gasteiger partial charge in [0.05, 0.1) is 0 Å². The summed E-state index contributed by atoms with van der Waals surface area (Å²) >= 11 is 2.12. The van der Waals surface area contributed by atoms with E-state index in [2.05, 4.69) is 63.1 Å². The minimum absolute atomic E-state index is 0.358. The largest absolute Gasteiger partial charge is 0.312 e. The second-order valence-corrected chi connectivity index (χ2v) is 6.96. The quantitative estimate of drug-likeness (QED) is 0.873. The zero-order valence-corrected chi connectivity index (χ0v) is 12.2. The first-order chi connectivity index (χ1) is 8.07. The fourth-order valence-electron chi connectivity index (χ4n) is 2.80. The van der Waals surface area contributed by atoms with Crippen LogP contribution in [0.2, 0.25) is 0 Å². The number of benzene rings is 1. The Morgan fingerprint density at radius 2 is 2.06 bits per heavy atom. The van der Waals surface area contributed by atoms with Crippen LogP contribution in [0.4, 0.5) is 0 Å². The van der Waals surface area contributed by atoms with Crippen molar-refractivity contribution in [2.75, 3.05) is 12.8 Å². The van der Waals surface area contributed by atoms with Crippen LogP contribution >= 0.6 is 11.8 Å². The highest BCUT2D eigenvalue weighted by Crippen LogP contribution is 2.46. The normalized spacial score (nSPS) is 26.1. The summed E-state index contributed by atoms with van der Waals surface area (Å²) in [5.41, 5.74) is 4.22. The van der Waals surface area contributed by atoms with E-state index in [1.54, 1.807) is 0 Å². The Kier molecular flexibility index (Phi) is 3.84. The van der Waals surface area contributed by atoms with Crippen LogP contribution in [0.15, 0.2) is 18.2 Å². The van der Waals surface area contributed by atoms with Gasteiger partial charge in [-0.15, -0.1) is 0 Å². The third-order valence-electron chi connectivity index (χ3n) is 4.01. The molecule has 2 heteroatoms. The zero-order chi connectivity index (χ0) is 12.5. The molecule has 1 heterocycles. The van der Waals surface area contributed by atoms with E-state index in [1.165, 1.54) is 35.3 Å². The van der Waals surface area contributed by atoms with Crippen molar-refractivity contribution in [2.45, 2.75) is 44.4 Å². The van der Waals surface area contributed by atoms with Crippen molar-refractivity contribution >= 4 is 11.8 Å². The van der Waals surface area contributed by atoms with Crippen LogP contribution in [-0.4, -0.2) is 17.5 Å².